The zero-order valence-electron chi connectivity index (χ0n) is 8.33. The summed E-state index contributed by atoms with van der Waals surface area (Å²) in [5.41, 5.74) is 1.72. The fourth-order valence-corrected chi connectivity index (χ4v) is 1.50. The zero-order chi connectivity index (χ0) is 10.2. The summed E-state index contributed by atoms with van der Waals surface area (Å²) in [5, 5.41) is 10.2. The van der Waals surface area contributed by atoms with E-state index in [9.17, 15) is 0 Å². The van der Waals surface area contributed by atoms with Gasteiger partial charge in [0, 0.05) is 11.7 Å². The Kier molecular flexibility index (Phi) is 1.82. The van der Waals surface area contributed by atoms with Crippen LogP contribution in [0.3, 0.4) is 0 Å². The molecule has 1 N–H and O–H groups in total. The second-order valence-corrected chi connectivity index (χ2v) is 4.02. The average molecular weight is 184 g/mol. The highest BCUT2D eigenvalue weighted by Gasteiger charge is 2.19. The molecule has 1 aromatic heterocycles. The van der Waals surface area contributed by atoms with Gasteiger partial charge in [0.15, 0.2) is 0 Å². The first-order valence-electron chi connectivity index (χ1n) is 4.62. The normalized spacial score (nSPS) is 11.5. The molecule has 2 heteroatoms. The van der Waals surface area contributed by atoms with E-state index in [0.717, 1.165) is 11.1 Å². The molecular weight excluding hydrogens is 172 g/mol. The van der Waals surface area contributed by atoms with E-state index in [1.165, 1.54) is 5.39 Å². The fourth-order valence-electron chi connectivity index (χ4n) is 1.50. The molecule has 0 aliphatic heterocycles. The largest absolute Gasteiger partial charge is 0.361 e. The van der Waals surface area contributed by atoms with Gasteiger partial charge in [-0.05, 0) is 36.9 Å². The number of fused-ring (bicyclic) bond motifs is 1. The minimum Gasteiger partial charge on any atom is -0.361 e. The Hall–Kier alpha value is -1.75. The molecule has 0 radical (unpaired) electrons. The minimum absolute atomic E-state index is 0.417. The highest BCUT2D eigenvalue weighted by atomic mass is 14.7. The van der Waals surface area contributed by atoms with Crippen LogP contribution in [0.25, 0.3) is 10.9 Å². The van der Waals surface area contributed by atoms with E-state index in [2.05, 4.69) is 11.1 Å². The highest BCUT2D eigenvalue weighted by Crippen LogP contribution is 2.25. The first-order valence-corrected chi connectivity index (χ1v) is 4.62. The number of hydrogen-bond donors (Lipinski definition) is 1. The van der Waals surface area contributed by atoms with Gasteiger partial charge < -0.3 is 4.98 Å². The van der Waals surface area contributed by atoms with Gasteiger partial charge in [-0.1, -0.05) is 12.1 Å². The molecule has 0 amide bonds. The van der Waals surface area contributed by atoms with Crippen LogP contribution in [0.1, 0.15) is 19.4 Å². The molecule has 2 nitrogen and oxygen atoms in total. The van der Waals surface area contributed by atoms with E-state index < -0.39 is 5.41 Å². The SMILES string of the molecule is CC(C)(C#N)c1ccc2cc[nH]c2c1. The number of aromatic amines is 1. The zero-order valence-corrected chi connectivity index (χ0v) is 8.33. The lowest BCUT2D eigenvalue weighted by Crippen LogP contribution is -2.13. The lowest BCUT2D eigenvalue weighted by Gasteiger charge is -2.15. The topological polar surface area (TPSA) is 39.6 Å². The van der Waals surface area contributed by atoms with Crippen LogP contribution in [0.2, 0.25) is 0 Å². The third-order valence-corrected chi connectivity index (χ3v) is 2.56. The number of H-pyrrole nitrogens is 1. The van der Waals surface area contributed by atoms with Gasteiger partial charge in [-0.3, -0.25) is 0 Å². The van der Waals surface area contributed by atoms with Gasteiger partial charge in [0.05, 0.1) is 11.5 Å². The number of nitrogens with zero attached hydrogens (tertiary/aromatic N) is 1. The summed E-state index contributed by atoms with van der Waals surface area (Å²) in [6.45, 7) is 3.86. The fraction of sp³-hybridized carbons (Fsp3) is 0.250. The van der Waals surface area contributed by atoms with E-state index in [1.54, 1.807) is 0 Å². The van der Waals surface area contributed by atoms with Crippen molar-refractivity contribution < 1.29 is 0 Å². The number of hydrogen-bond acceptors (Lipinski definition) is 1. The average Bonchev–Trinajstić information content (AvgIpc) is 2.64. The summed E-state index contributed by atoms with van der Waals surface area (Å²) in [6, 6.07) is 10.4. The molecule has 1 aromatic carbocycles. The molecule has 0 aliphatic carbocycles. The van der Waals surface area contributed by atoms with Gasteiger partial charge in [0.25, 0.3) is 0 Å². The molecule has 0 fully saturated rings. The maximum Gasteiger partial charge on any atom is 0.0767 e. The molecule has 2 rings (SSSR count). The van der Waals surface area contributed by atoms with Crippen molar-refractivity contribution >= 4 is 10.9 Å². The monoisotopic (exact) mass is 184 g/mol. The first-order chi connectivity index (χ1) is 6.63. The van der Waals surface area contributed by atoms with E-state index in [-0.39, 0.29) is 0 Å². The van der Waals surface area contributed by atoms with Crippen molar-refractivity contribution in [2.45, 2.75) is 19.3 Å². The lowest BCUT2D eigenvalue weighted by molar-refractivity contribution is 0.688. The van der Waals surface area contributed by atoms with Crippen LogP contribution in [-0.4, -0.2) is 4.98 Å². The van der Waals surface area contributed by atoms with Crippen molar-refractivity contribution in [3.05, 3.63) is 36.0 Å². The van der Waals surface area contributed by atoms with E-state index >= 15 is 0 Å². The van der Waals surface area contributed by atoms with Crippen molar-refractivity contribution in [3.8, 4) is 6.07 Å². The third-order valence-electron chi connectivity index (χ3n) is 2.56. The van der Waals surface area contributed by atoms with Crippen LogP contribution in [0.5, 0.6) is 0 Å². The van der Waals surface area contributed by atoms with E-state index in [4.69, 9.17) is 5.26 Å². The molecule has 0 atom stereocenters. The Morgan fingerprint density at radius 1 is 1.29 bits per heavy atom. The van der Waals surface area contributed by atoms with Crippen LogP contribution in [0.15, 0.2) is 30.5 Å². The van der Waals surface area contributed by atoms with E-state index in [0.29, 0.717) is 0 Å². The quantitative estimate of drug-likeness (QED) is 0.727. The highest BCUT2D eigenvalue weighted by molar-refractivity contribution is 5.80. The van der Waals surface area contributed by atoms with Gasteiger partial charge in [-0.2, -0.15) is 5.26 Å². The van der Waals surface area contributed by atoms with Crippen LogP contribution >= 0.6 is 0 Å². The van der Waals surface area contributed by atoms with Gasteiger partial charge in [0.1, 0.15) is 0 Å². The molecule has 70 valence electrons. The molecule has 1 heterocycles. The predicted molar refractivity (Wildman–Crippen MR) is 56.9 cm³/mol. The molecule has 14 heavy (non-hydrogen) atoms. The summed E-state index contributed by atoms with van der Waals surface area (Å²) in [7, 11) is 0. The minimum atomic E-state index is -0.417. The Morgan fingerprint density at radius 2 is 2.07 bits per heavy atom. The molecule has 0 unspecified atom stereocenters. The van der Waals surface area contributed by atoms with Crippen LogP contribution in [-0.2, 0) is 5.41 Å². The van der Waals surface area contributed by atoms with Crippen LogP contribution in [0, 0.1) is 11.3 Å². The Labute approximate surface area is 83.2 Å². The standard InChI is InChI=1S/C12H12N2/c1-12(2,8-13)10-4-3-9-5-6-14-11(9)7-10/h3-7,14H,1-2H3. The van der Waals surface area contributed by atoms with E-state index in [1.807, 2.05) is 44.3 Å². The maximum absolute atomic E-state index is 9.01. The van der Waals surface area contributed by atoms with Crippen LogP contribution < -0.4 is 0 Å². The number of aromatic nitrogens is 1. The van der Waals surface area contributed by atoms with Crippen molar-refractivity contribution in [2.75, 3.05) is 0 Å². The molecule has 0 saturated carbocycles. The number of nitrogens with one attached hydrogen (secondary N) is 1. The number of benzene rings is 1. The van der Waals surface area contributed by atoms with Gasteiger partial charge in [0.2, 0.25) is 0 Å². The summed E-state index contributed by atoms with van der Waals surface area (Å²) in [6.07, 6.45) is 1.91. The third kappa shape index (κ3) is 1.27. The summed E-state index contributed by atoms with van der Waals surface area (Å²) in [5.74, 6) is 0. The smallest absolute Gasteiger partial charge is 0.0767 e. The molecule has 0 bridgehead atoms. The van der Waals surface area contributed by atoms with Gasteiger partial charge in [-0.15, -0.1) is 0 Å². The van der Waals surface area contributed by atoms with Crippen molar-refractivity contribution in [1.29, 1.82) is 5.26 Å². The van der Waals surface area contributed by atoms with Crippen molar-refractivity contribution in [2.24, 2.45) is 0 Å². The molecular formula is C12H12N2. The predicted octanol–water partition coefficient (Wildman–Crippen LogP) is 2.97. The summed E-state index contributed by atoms with van der Waals surface area (Å²) < 4.78 is 0. The number of rotatable bonds is 1. The molecule has 0 aliphatic rings. The molecule has 0 saturated heterocycles. The number of nitriles is 1. The maximum atomic E-state index is 9.01. The molecule has 0 spiro atoms. The first kappa shape index (κ1) is 8.83. The second kappa shape index (κ2) is 2.88. The van der Waals surface area contributed by atoms with Gasteiger partial charge in [-0.25, -0.2) is 0 Å². The lowest BCUT2D eigenvalue weighted by atomic mass is 9.86. The van der Waals surface area contributed by atoms with Gasteiger partial charge >= 0.3 is 0 Å². The second-order valence-electron chi connectivity index (χ2n) is 4.02. The van der Waals surface area contributed by atoms with Crippen molar-refractivity contribution in [1.82, 2.24) is 4.98 Å². The Balaban J connectivity index is 2.61. The Morgan fingerprint density at radius 3 is 2.79 bits per heavy atom. The molecule has 2 aromatic rings. The van der Waals surface area contributed by atoms with Crippen molar-refractivity contribution in [3.63, 3.8) is 0 Å². The van der Waals surface area contributed by atoms with Crippen LogP contribution in [0.4, 0.5) is 0 Å². The summed E-state index contributed by atoms with van der Waals surface area (Å²) >= 11 is 0. The Bertz CT molecular complexity index is 500. The summed E-state index contributed by atoms with van der Waals surface area (Å²) in [4.78, 5) is 3.15.